The predicted molar refractivity (Wildman–Crippen MR) is 130 cm³/mol. The number of anilines is 1. The maximum atomic E-state index is 12.7. The molecule has 0 saturated carbocycles. The molecule has 0 bridgehead atoms. The summed E-state index contributed by atoms with van der Waals surface area (Å²) in [5.74, 6) is 1.32. The van der Waals surface area contributed by atoms with E-state index in [-0.39, 0.29) is 5.91 Å². The lowest BCUT2D eigenvalue weighted by atomic mass is 9.90. The van der Waals surface area contributed by atoms with Crippen LogP contribution < -0.4 is 10.1 Å². The van der Waals surface area contributed by atoms with Crippen LogP contribution in [-0.2, 0) is 13.0 Å². The summed E-state index contributed by atoms with van der Waals surface area (Å²) in [5.41, 5.74) is 5.11. The maximum absolute atomic E-state index is 12.7. The van der Waals surface area contributed by atoms with Crippen LogP contribution in [0, 0.1) is 12.8 Å². The summed E-state index contributed by atoms with van der Waals surface area (Å²) in [6.45, 7) is 5.19. The molecule has 1 aliphatic rings. The number of benzene rings is 3. The van der Waals surface area contributed by atoms with Gasteiger partial charge < -0.3 is 10.1 Å². The molecule has 0 aliphatic carbocycles. The lowest BCUT2D eigenvalue weighted by Crippen LogP contribution is -2.33. The van der Waals surface area contributed by atoms with Crippen LogP contribution in [0.4, 0.5) is 5.69 Å². The normalized spacial score (nSPS) is 14.8. The molecule has 32 heavy (non-hydrogen) atoms. The molecule has 4 rings (SSSR count). The lowest BCUT2D eigenvalue weighted by molar-refractivity contribution is 0.102. The molecule has 1 fully saturated rings. The monoisotopic (exact) mass is 428 g/mol. The summed E-state index contributed by atoms with van der Waals surface area (Å²) in [6, 6.07) is 24.5. The molecule has 1 saturated heterocycles. The Labute approximate surface area is 191 Å². The van der Waals surface area contributed by atoms with E-state index in [9.17, 15) is 4.79 Å². The Bertz CT molecular complexity index is 1020. The van der Waals surface area contributed by atoms with E-state index in [1.54, 1.807) is 7.11 Å². The van der Waals surface area contributed by atoms with Crippen LogP contribution in [0.1, 0.15) is 39.9 Å². The van der Waals surface area contributed by atoms with Gasteiger partial charge in [0.2, 0.25) is 0 Å². The number of aryl methyl sites for hydroxylation is 1. The minimum atomic E-state index is -0.123. The first-order valence-corrected chi connectivity index (χ1v) is 11.4. The Morgan fingerprint density at radius 3 is 2.38 bits per heavy atom. The number of nitrogens with zero attached hydrogens (tertiary/aromatic N) is 1. The zero-order valence-corrected chi connectivity index (χ0v) is 19.0. The van der Waals surface area contributed by atoms with Crippen LogP contribution >= 0.6 is 0 Å². The van der Waals surface area contributed by atoms with Gasteiger partial charge in [-0.15, -0.1) is 0 Å². The molecule has 1 aliphatic heterocycles. The SMILES string of the molecule is COc1ccc(C)cc1NC(=O)c1ccc(CN2CCC(Cc3ccccc3)CC2)cc1. The fraction of sp³-hybridized carbons (Fsp3) is 0.321. The fourth-order valence-corrected chi connectivity index (χ4v) is 4.43. The molecule has 0 spiro atoms. The van der Waals surface area contributed by atoms with Gasteiger partial charge in [0.15, 0.2) is 0 Å². The molecular weight excluding hydrogens is 396 g/mol. The van der Waals surface area contributed by atoms with Crippen molar-refractivity contribution in [2.24, 2.45) is 5.92 Å². The Morgan fingerprint density at radius 2 is 1.69 bits per heavy atom. The first-order valence-electron chi connectivity index (χ1n) is 11.4. The number of carbonyl (C=O) groups is 1. The van der Waals surface area contributed by atoms with Crippen LogP contribution in [0.2, 0.25) is 0 Å². The molecule has 166 valence electrons. The van der Waals surface area contributed by atoms with Gasteiger partial charge in [-0.1, -0.05) is 48.5 Å². The number of ether oxygens (including phenoxy) is 1. The quantitative estimate of drug-likeness (QED) is 0.524. The van der Waals surface area contributed by atoms with Gasteiger partial charge in [-0.3, -0.25) is 9.69 Å². The zero-order chi connectivity index (χ0) is 22.3. The smallest absolute Gasteiger partial charge is 0.255 e. The minimum absolute atomic E-state index is 0.123. The van der Waals surface area contributed by atoms with E-state index in [2.05, 4.69) is 52.7 Å². The van der Waals surface area contributed by atoms with E-state index in [1.165, 1.54) is 30.4 Å². The van der Waals surface area contributed by atoms with E-state index in [4.69, 9.17) is 4.74 Å². The number of nitrogens with one attached hydrogen (secondary N) is 1. The first-order chi connectivity index (χ1) is 15.6. The molecule has 0 atom stereocenters. The van der Waals surface area contributed by atoms with Crippen molar-refractivity contribution in [3.8, 4) is 5.75 Å². The van der Waals surface area contributed by atoms with Crippen LogP contribution in [-0.4, -0.2) is 31.0 Å². The van der Waals surface area contributed by atoms with Crippen molar-refractivity contribution in [3.63, 3.8) is 0 Å². The Kier molecular flexibility index (Phi) is 7.23. The number of rotatable bonds is 7. The molecule has 3 aromatic rings. The molecule has 0 aromatic heterocycles. The van der Waals surface area contributed by atoms with Crippen LogP contribution in [0.3, 0.4) is 0 Å². The third kappa shape index (κ3) is 5.77. The van der Waals surface area contributed by atoms with E-state index in [0.29, 0.717) is 17.0 Å². The van der Waals surface area contributed by atoms with E-state index >= 15 is 0 Å². The van der Waals surface area contributed by atoms with Crippen molar-refractivity contribution in [1.29, 1.82) is 0 Å². The molecule has 1 N–H and O–H groups in total. The molecule has 4 nitrogen and oxygen atoms in total. The third-order valence-corrected chi connectivity index (χ3v) is 6.30. The number of hydrogen-bond donors (Lipinski definition) is 1. The van der Waals surface area contributed by atoms with E-state index in [1.807, 2.05) is 37.3 Å². The predicted octanol–water partition coefficient (Wildman–Crippen LogP) is 5.71. The largest absolute Gasteiger partial charge is 0.495 e. The van der Waals surface area contributed by atoms with Crippen molar-refractivity contribution in [2.75, 3.05) is 25.5 Å². The Hall–Kier alpha value is -3.11. The first kappa shape index (κ1) is 22.1. The number of amides is 1. The summed E-state index contributed by atoms with van der Waals surface area (Å²) >= 11 is 0. The highest BCUT2D eigenvalue weighted by Gasteiger charge is 2.19. The van der Waals surface area contributed by atoms with Gasteiger partial charge in [0, 0.05) is 12.1 Å². The fourth-order valence-electron chi connectivity index (χ4n) is 4.43. The summed E-state index contributed by atoms with van der Waals surface area (Å²) < 4.78 is 5.36. The molecule has 0 unspecified atom stereocenters. The standard InChI is InChI=1S/C28H32N2O2/c1-21-8-13-27(32-2)26(18-21)29-28(31)25-11-9-24(10-12-25)20-30-16-14-23(15-17-30)19-22-6-4-3-5-7-22/h3-13,18,23H,14-17,19-20H2,1-2H3,(H,29,31). The van der Waals surface area contributed by atoms with E-state index in [0.717, 1.165) is 31.1 Å². The Balaban J connectivity index is 1.29. The highest BCUT2D eigenvalue weighted by molar-refractivity contribution is 6.05. The summed E-state index contributed by atoms with van der Waals surface area (Å²) in [6.07, 6.45) is 3.67. The lowest BCUT2D eigenvalue weighted by Gasteiger charge is -2.32. The topological polar surface area (TPSA) is 41.6 Å². The molecule has 3 aromatic carbocycles. The summed E-state index contributed by atoms with van der Waals surface area (Å²) in [5, 5.41) is 2.97. The summed E-state index contributed by atoms with van der Waals surface area (Å²) in [7, 11) is 1.61. The zero-order valence-electron chi connectivity index (χ0n) is 19.0. The average Bonchev–Trinajstić information content (AvgIpc) is 2.82. The van der Waals surface area contributed by atoms with Crippen molar-refractivity contribution < 1.29 is 9.53 Å². The van der Waals surface area contributed by atoms with Crippen LogP contribution in [0.15, 0.2) is 72.8 Å². The molecule has 0 radical (unpaired) electrons. The second-order valence-electron chi connectivity index (χ2n) is 8.76. The van der Waals surface area contributed by atoms with Gasteiger partial charge >= 0.3 is 0 Å². The number of carbonyl (C=O) groups excluding carboxylic acids is 1. The molecule has 1 amide bonds. The average molecular weight is 429 g/mol. The Morgan fingerprint density at radius 1 is 0.969 bits per heavy atom. The third-order valence-electron chi connectivity index (χ3n) is 6.30. The number of likely N-dealkylation sites (tertiary alicyclic amines) is 1. The molecule has 1 heterocycles. The van der Waals surface area contributed by atoms with Crippen LogP contribution in [0.5, 0.6) is 5.75 Å². The second kappa shape index (κ2) is 10.5. The number of hydrogen-bond acceptors (Lipinski definition) is 3. The second-order valence-corrected chi connectivity index (χ2v) is 8.76. The van der Waals surface area contributed by atoms with Crippen molar-refractivity contribution in [1.82, 2.24) is 4.90 Å². The van der Waals surface area contributed by atoms with Crippen molar-refractivity contribution >= 4 is 11.6 Å². The van der Waals surface area contributed by atoms with Crippen molar-refractivity contribution in [2.45, 2.75) is 32.7 Å². The highest BCUT2D eigenvalue weighted by Crippen LogP contribution is 2.26. The van der Waals surface area contributed by atoms with Gasteiger partial charge in [-0.25, -0.2) is 0 Å². The van der Waals surface area contributed by atoms with Gasteiger partial charge in [0.1, 0.15) is 5.75 Å². The minimum Gasteiger partial charge on any atom is -0.495 e. The van der Waals surface area contributed by atoms with Gasteiger partial charge in [0.25, 0.3) is 5.91 Å². The molecular formula is C28H32N2O2. The van der Waals surface area contributed by atoms with Gasteiger partial charge in [-0.2, -0.15) is 0 Å². The highest BCUT2D eigenvalue weighted by atomic mass is 16.5. The maximum Gasteiger partial charge on any atom is 0.255 e. The van der Waals surface area contributed by atoms with E-state index < -0.39 is 0 Å². The van der Waals surface area contributed by atoms with Gasteiger partial charge in [0.05, 0.1) is 12.8 Å². The van der Waals surface area contributed by atoms with Crippen molar-refractivity contribution in [3.05, 3.63) is 95.1 Å². The van der Waals surface area contributed by atoms with Crippen LogP contribution in [0.25, 0.3) is 0 Å². The molecule has 4 heteroatoms. The summed E-state index contributed by atoms with van der Waals surface area (Å²) in [4.78, 5) is 15.2. The number of piperidine rings is 1. The number of methoxy groups -OCH3 is 1. The van der Waals surface area contributed by atoms with Gasteiger partial charge in [-0.05, 0) is 86.1 Å².